The van der Waals surface area contributed by atoms with Gasteiger partial charge in [0.2, 0.25) is 5.91 Å². The summed E-state index contributed by atoms with van der Waals surface area (Å²) in [4.78, 5) is 17.2. The van der Waals surface area contributed by atoms with Crippen LogP contribution in [-0.2, 0) is 16.1 Å². The number of rotatable bonds is 2. The average Bonchev–Trinajstić information content (AvgIpc) is 2.82. The van der Waals surface area contributed by atoms with Gasteiger partial charge in [-0.3, -0.25) is 9.69 Å². The van der Waals surface area contributed by atoms with E-state index in [4.69, 9.17) is 4.74 Å². The number of hydrogen-bond donors (Lipinski definition) is 0. The van der Waals surface area contributed by atoms with E-state index in [9.17, 15) is 4.79 Å². The summed E-state index contributed by atoms with van der Waals surface area (Å²) in [5.74, 6) is 0.708. The molecule has 0 bridgehead atoms. The third-order valence-electron chi connectivity index (χ3n) is 5.77. The molecule has 1 unspecified atom stereocenters. The third-order valence-corrected chi connectivity index (χ3v) is 5.77. The van der Waals surface area contributed by atoms with E-state index in [1.807, 2.05) is 0 Å². The highest BCUT2D eigenvalue weighted by molar-refractivity contribution is 5.79. The Balaban J connectivity index is 1.54. The van der Waals surface area contributed by atoms with Gasteiger partial charge in [0.15, 0.2) is 0 Å². The molecule has 0 N–H and O–H groups in total. The highest BCUT2D eigenvalue weighted by atomic mass is 16.5. The van der Waals surface area contributed by atoms with Gasteiger partial charge < -0.3 is 9.64 Å². The third kappa shape index (κ3) is 2.39. The van der Waals surface area contributed by atoms with Crippen LogP contribution in [0.25, 0.3) is 0 Å². The summed E-state index contributed by atoms with van der Waals surface area (Å²) in [5.41, 5.74) is 0.850. The molecule has 1 spiro atoms. The minimum atomic E-state index is -0.341. The van der Waals surface area contributed by atoms with Gasteiger partial charge in [-0.15, -0.1) is 0 Å². The maximum absolute atomic E-state index is 12.5. The summed E-state index contributed by atoms with van der Waals surface area (Å²) in [7, 11) is 0. The van der Waals surface area contributed by atoms with Crippen molar-refractivity contribution >= 4 is 5.91 Å². The number of hydrogen-bond acceptors (Lipinski definition) is 3. The van der Waals surface area contributed by atoms with Crippen molar-refractivity contribution in [2.24, 2.45) is 5.92 Å². The Kier molecular flexibility index (Phi) is 3.50. The summed E-state index contributed by atoms with van der Waals surface area (Å²) >= 11 is 0. The first-order valence-electron chi connectivity index (χ1n) is 8.75. The van der Waals surface area contributed by atoms with Gasteiger partial charge in [-0.2, -0.15) is 0 Å². The molecule has 1 aromatic carbocycles. The Morgan fingerprint density at radius 1 is 1.26 bits per heavy atom. The van der Waals surface area contributed by atoms with Crippen molar-refractivity contribution in [3.05, 3.63) is 35.9 Å². The highest BCUT2D eigenvalue weighted by Crippen LogP contribution is 2.49. The zero-order chi connectivity index (χ0) is 16.1. The maximum Gasteiger partial charge on any atom is 0.225 e. The lowest BCUT2D eigenvalue weighted by Crippen LogP contribution is -2.66. The molecule has 3 saturated heterocycles. The number of ether oxygens (including phenoxy) is 1. The molecular weight excluding hydrogens is 288 g/mol. The Bertz CT molecular complexity index is 601. The maximum atomic E-state index is 12.5. The van der Waals surface area contributed by atoms with E-state index in [1.165, 1.54) is 5.56 Å². The Morgan fingerprint density at radius 3 is 2.83 bits per heavy atom. The quantitative estimate of drug-likeness (QED) is 0.841. The van der Waals surface area contributed by atoms with Crippen LogP contribution in [0.5, 0.6) is 0 Å². The molecule has 1 amide bonds. The van der Waals surface area contributed by atoms with Gasteiger partial charge in [-0.05, 0) is 25.8 Å². The van der Waals surface area contributed by atoms with E-state index in [0.717, 1.165) is 32.5 Å². The van der Waals surface area contributed by atoms with Gasteiger partial charge in [0, 0.05) is 38.4 Å². The number of amides is 1. The molecule has 4 heteroatoms. The smallest absolute Gasteiger partial charge is 0.225 e. The van der Waals surface area contributed by atoms with Crippen LogP contribution in [0, 0.1) is 5.92 Å². The molecule has 0 aromatic heterocycles. The van der Waals surface area contributed by atoms with Crippen molar-refractivity contribution in [1.82, 2.24) is 9.80 Å². The predicted octanol–water partition coefficient (Wildman–Crippen LogP) is 2.64. The topological polar surface area (TPSA) is 32.8 Å². The van der Waals surface area contributed by atoms with E-state index in [0.29, 0.717) is 18.9 Å². The summed E-state index contributed by atoms with van der Waals surface area (Å²) in [5, 5.41) is 0. The molecule has 1 aromatic rings. The van der Waals surface area contributed by atoms with Gasteiger partial charge in [-0.1, -0.05) is 30.3 Å². The average molecular weight is 314 g/mol. The van der Waals surface area contributed by atoms with Crippen molar-refractivity contribution in [3.63, 3.8) is 0 Å². The van der Waals surface area contributed by atoms with Crippen LogP contribution in [0.3, 0.4) is 0 Å². The summed E-state index contributed by atoms with van der Waals surface area (Å²) in [6.45, 7) is 7.94. The summed E-state index contributed by atoms with van der Waals surface area (Å²) < 4.78 is 6.31. The first kappa shape index (κ1) is 15.2. The zero-order valence-corrected chi connectivity index (χ0v) is 14.1. The summed E-state index contributed by atoms with van der Waals surface area (Å²) in [6.07, 6.45) is 2.55. The van der Waals surface area contributed by atoms with Crippen molar-refractivity contribution in [3.8, 4) is 0 Å². The second-order valence-corrected chi connectivity index (χ2v) is 7.88. The Morgan fingerprint density at radius 2 is 2.04 bits per heavy atom. The number of benzene rings is 1. The van der Waals surface area contributed by atoms with Crippen LogP contribution in [0.4, 0.5) is 0 Å². The van der Waals surface area contributed by atoms with Gasteiger partial charge in [0.25, 0.3) is 0 Å². The van der Waals surface area contributed by atoms with Gasteiger partial charge >= 0.3 is 0 Å². The van der Waals surface area contributed by atoms with E-state index in [1.54, 1.807) is 0 Å². The predicted molar refractivity (Wildman–Crippen MR) is 88.7 cm³/mol. The molecule has 0 saturated carbocycles. The fourth-order valence-electron chi connectivity index (χ4n) is 4.76. The molecule has 2 atom stereocenters. The van der Waals surface area contributed by atoms with Crippen molar-refractivity contribution < 1.29 is 9.53 Å². The van der Waals surface area contributed by atoms with Crippen LogP contribution >= 0.6 is 0 Å². The monoisotopic (exact) mass is 314 g/mol. The fraction of sp³-hybridized carbons (Fsp3) is 0.632. The second-order valence-electron chi connectivity index (χ2n) is 7.88. The lowest BCUT2D eigenvalue weighted by atomic mass is 9.78. The van der Waals surface area contributed by atoms with Gasteiger partial charge in [-0.25, -0.2) is 0 Å². The lowest BCUT2D eigenvalue weighted by Gasteiger charge is -2.54. The Hall–Kier alpha value is -1.39. The van der Waals surface area contributed by atoms with Crippen LogP contribution < -0.4 is 0 Å². The number of carbonyl (C=O) groups excluding carboxylic acids is 1. The number of piperidine rings is 2. The molecule has 0 aliphatic carbocycles. The number of nitrogens with zero attached hydrogens (tertiary/aromatic N) is 2. The largest absolute Gasteiger partial charge is 0.353 e. The minimum Gasteiger partial charge on any atom is -0.353 e. The number of likely N-dealkylation sites (tertiary alicyclic amines) is 1. The van der Waals surface area contributed by atoms with E-state index in [-0.39, 0.29) is 17.2 Å². The molecule has 3 aliphatic rings. The fourth-order valence-corrected chi connectivity index (χ4v) is 4.76. The minimum absolute atomic E-state index is 0.169. The second kappa shape index (κ2) is 5.32. The van der Waals surface area contributed by atoms with Crippen molar-refractivity contribution in [1.29, 1.82) is 0 Å². The molecular formula is C19H26N2O2. The SMILES string of the molecule is CC1(C)COC23CCN(Cc4ccccc4)C[C@H]2CCC(=O)N13. The van der Waals surface area contributed by atoms with E-state index >= 15 is 0 Å². The molecule has 4 nitrogen and oxygen atoms in total. The summed E-state index contributed by atoms with van der Waals surface area (Å²) in [6, 6.07) is 10.6. The normalized spacial score (nSPS) is 33.4. The van der Waals surface area contributed by atoms with Crippen molar-refractivity contribution in [2.75, 3.05) is 19.7 Å². The van der Waals surface area contributed by atoms with E-state index in [2.05, 4.69) is 54.0 Å². The molecule has 23 heavy (non-hydrogen) atoms. The first-order chi connectivity index (χ1) is 11.0. The number of carbonyl (C=O) groups is 1. The zero-order valence-electron chi connectivity index (χ0n) is 14.1. The molecule has 3 aliphatic heterocycles. The van der Waals surface area contributed by atoms with Crippen LogP contribution in [0.15, 0.2) is 30.3 Å². The molecule has 3 heterocycles. The lowest BCUT2D eigenvalue weighted by molar-refractivity contribution is -0.195. The first-order valence-corrected chi connectivity index (χ1v) is 8.75. The standard InChI is InChI=1S/C19H26N2O2/c1-18(2)14-23-19-10-11-20(12-15-6-4-3-5-7-15)13-16(19)8-9-17(22)21(18)19/h3-7,16H,8-14H2,1-2H3/t16-,19?/m1/s1. The molecule has 0 radical (unpaired) electrons. The van der Waals surface area contributed by atoms with E-state index < -0.39 is 0 Å². The van der Waals surface area contributed by atoms with Crippen LogP contribution in [0.1, 0.15) is 38.7 Å². The van der Waals surface area contributed by atoms with Crippen molar-refractivity contribution in [2.45, 2.75) is 50.9 Å². The molecule has 3 fully saturated rings. The highest BCUT2D eigenvalue weighted by Gasteiger charge is 2.61. The van der Waals surface area contributed by atoms with Gasteiger partial charge in [0.05, 0.1) is 12.1 Å². The van der Waals surface area contributed by atoms with Crippen LogP contribution in [0.2, 0.25) is 0 Å². The molecule has 4 rings (SSSR count). The van der Waals surface area contributed by atoms with Crippen LogP contribution in [-0.4, -0.2) is 46.7 Å². The molecule has 124 valence electrons. The van der Waals surface area contributed by atoms with Gasteiger partial charge in [0.1, 0.15) is 5.72 Å². The Labute approximate surface area is 138 Å².